The van der Waals surface area contributed by atoms with Crippen molar-refractivity contribution < 1.29 is 19.4 Å². The van der Waals surface area contributed by atoms with Crippen LogP contribution >= 0.6 is 0 Å². The maximum Gasteiger partial charge on any atom is 0.323 e. The lowest BCUT2D eigenvalue weighted by Crippen LogP contribution is -2.44. The molecule has 1 rings (SSSR count). The van der Waals surface area contributed by atoms with Crippen LogP contribution in [0.1, 0.15) is 26.2 Å². The molecule has 0 heterocycles. The first-order valence-corrected chi connectivity index (χ1v) is 6.25. The minimum Gasteiger partial charge on any atom is -0.497 e. The van der Waals surface area contributed by atoms with Gasteiger partial charge < -0.3 is 20.3 Å². The molecule has 5 heteroatoms. The zero-order valence-corrected chi connectivity index (χ0v) is 11.4. The van der Waals surface area contributed by atoms with Crippen LogP contribution in [0.2, 0.25) is 0 Å². The molecule has 0 radical (unpaired) electrons. The van der Waals surface area contributed by atoms with Crippen LogP contribution in [-0.4, -0.2) is 30.3 Å². The van der Waals surface area contributed by atoms with Crippen molar-refractivity contribution in [2.75, 3.05) is 13.7 Å². The van der Waals surface area contributed by atoms with Crippen molar-refractivity contribution in [1.82, 2.24) is 0 Å². The Kier molecular flexibility index (Phi) is 5.63. The fraction of sp³-hybridized carbons (Fsp3) is 0.500. The lowest BCUT2D eigenvalue weighted by molar-refractivity contribution is -0.142. The van der Waals surface area contributed by atoms with Gasteiger partial charge in [-0.2, -0.15) is 0 Å². The molecule has 0 aliphatic carbocycles. The molecule has 1 aromatic rings. The highest BCUT2D eigenvalue weighted by Gasteiger charge is 2.26. The van der Waals surface area contributed by atoms with Gasteiger partial charge in [-0.25, -0.2) is 0 Å². The molecule has 106 valence electrons. The van der Waals surface area contributed by atoms with Crippen LogP contribution < -0.4 is 15.2 Å². The van der Waals surface area contributed by atoms with E-state index in [1.807, 2.05) is 24.3 Å². The predicted octanol–water partition coefficient (Wildman–Crippen LogP) is 2.05. The van der Waals surface area contributed by atoms with Gasteiger partial charge >= 0.3 is 5.97 Å². The molecule has 19 heavy (non-hydrogen) atoms. The fourth-order valence-corrected chi connectivity index (χ4v) is 1.56. The highest BCUT2D eigenvalue weighted by Crippen LogP contribution is 2.17. The van der Waals surface area contributed by atoms with E-state index in [0.717, 1.165) is 24.3 Å². The van der Waals surface area contributed by atoms with Gasteiger partial charge in [-0.3, -0.25) is 4.79 Å². The first-order chi connectivity index (χ1) is 8.95. The summed E-state index contributed by atoms with van der Waals surface area (Å²) in [4.78, 5) is 10.8. The Balaban J connectivity index is 2.22. The van der Waals surface area contributed by atoms with E-state index in [0.29, 0.717) is 13.0 Å². The standard InChI is InChI=1S/C14H21NO4/c1-14(15,13(16)17)9-3-4-10-19-12-7-5-11(18-2)6-8-12/h5-8H,3-4,9-10,15H2,1-2H3,(H,16,17). The van der Waals surface area contributed by atoms with E-state index in [1.54, 1.807) is 7.11 Å². The summed E-state index contributed by atoms with van der Waals surface area (Å²) >= 11 is 0. The van der Waals surface area contributed by atoms with Crippen LogP contribution in [0, 0.1) is 0 Å². The number of nitrogens with two attached hydrogens (primary N) is 1. The Morgan fingerprint density at radius 1 is 1.26 bits per heavy atom. The van der Waals surface area contributed by atoms with Gasteiger partial charge in [-0.05, 0) is 50.5 Å². The summed E-state index contributed by atoms with van der Waals surface area (Å²) in [5, 5.41) is 8.86. The maximum atomic E-state index is 10.8. The molecule has 0 aliphatic heterocycles. The molecule has 0 aromatic heterocycles. The Morgan fingerprint density at radius 3 is 2.37 bits per heavy atom. The average molecular weight is 267 g/mol. The van der Waals surface area contributed by atoms with E-state index in [2.05, 4.69) is 0 Å². The van der Waals surface area contributed by atoms with Crippen LogP contribution in [0.15, 0.2) is 24.3 Å². The van der Waals surface area contributed by atoms with Crippen LogP contribution in [0.4, 0.5) is 0 Å². The average Bonchev–Trinajstić information content (AvgIpc) is 2.38. The molecule has 3 N–H and O–H groups in total. The highest BCUT2D eigenvalue weighted by atomic mass is 16.5. The molecule has 0 fully saturated rings. The number of unbranched alkanes of at least 4 members (excludes halogenated alkanes) is 1. The minimum absolute atomic E-state index is 0.439. The highest BCUT2D eigenvalue weighted by molar-refractivity contribution is 5.77. The van der Waals surface area contributed by atoms with E-state index in [1.165, 1.54) is 6.92 Å². The lowest BCUT2D eigenvalue weighted by atomic mass is 9.97. The molecular weight excluding hydrogens is 246 g/mol. The monoisotopic (exact) mass is 267 g/mol. The van der Waals surface area contributed by atoms with Crippen LogP contribution in [-0.2, 0) is 4.79 Å². The summed E-state index contributed by atoms with van der Waals surface area (Å²) in [7, 11) is 1.61. The van der Waals surface area contributed by atoms with E-state index in [4.69, 9.17) is 20.3 Å². The van der Waals surface area contributed by atoms with Crippen molar-refractivity contribution in [3.63, 3.8) is 0 Å². The second kappa shape index (κ2) is 6.99. The first kappa shape index (κ1) is 15.3. The molecule has 1 atom stereocenters. The minimum atomic E-state index is -1.15. The number of carboxylic acid groups (broad SMARTS) is 1. The van der Waals surface area contributed by atoms with Crippen LogP contribution in [0.25, 0.3) is 0 Å². The van der Waals surface area contributed by atoms with Crippen LogP contribution in [0.5, 0.6) is 11.5 Å². The van der Waals surface area contributed by atoms with Gasteiger partial charge in [0.2, 0.25) is 0 Å². The predicted molar refractivity (Wildman–Crippen MR) is 72.6 cm³/mol. The van der Waals surface area contributed by atoms with Crippen molar-refractivity contribution in [2.45, 2.75) is 31.7 Å². The molecule has 0 aliphatic rings. The molecule has 0 bridgehead atoms. The molecule has 0 spiro atoms. The lowest BCUT2D eigenvalue weighted by Gasteiger charge is -2.18. The number of carbonyl (C=O) groups is 1. The Labute approximate surface area is 113 Å². The maximum absolute atomic E-state index is 10.8. The number of carboxylic acids is 1. The molecule has 5 nitrogen and oxygen atoms in total. The van der Waals surface area contributed by atoms with Gasteiger partial charge in [-0.1, -0.05) is 0 Å². The third-order valence-corrected chi connectivity index (χ3v) is 2.91. The van der Waals surface area contributed by atoms with E-state index in [-0.39, 0.29) is 0 Å². The number of aliphatic carboxylic acids is 1. The van der Waals surface area contributed by atoms with Gasteiger partial charge in [0, 0.05) is 0 Å². The molecule has 0 saturated carbocycles. The Bertz CT molecular complexity index is 400. The fourth-order valence-electron chi connectivity index (χ4n) is 1.56. The number of ether oxygens (including phenoxy) is 2. The third-order valence-electron chi connectivity index (χ3n) is 2.91. The summed E-state index contributed by atoms with van der Waals surface area (Å²) in [5.41, 5.74) is 4.48. The van der Waals surface area contributed by atoms with Gasteiger partial charge in [0.05, 0.1) is 13.7 Å². The number of methoxy groups -OCH3 is 1. The van der Waals surface area contributed by atoms with Crippen molar-refractivity contribution in [3.05, 3.63) is 24.3 Å². The van der Waals surface area contributed by atoms with E-state index >= 15 is 0 Å². The second-order valence-electron chi connectivity index (χ2n) is 4.70. The summed E-state index contributed by atoms with van der Waals surface area (Å²) in [5.74, 6) is 0.589. The van der Waals surface area contributed by atoms with Crippen molar-refractivity contribution >= 4 is 5.97 Å². The SMILES string of the molecule is COc1ccc(OCCCCC(C)(N)C(=O)O)cc1. The second-order valence-corrected chi connectivity index (χ2v) is 4.70. The van der Waals surface area contributed by atoms with Gasteiger partial charge in [0.25, 0.3) is 0 Å². The van der Waals surface area contributed by atoms with Gasteiger partial charge in [0.1, 0.15) is 17.0 Å². The van der Waals surface area contributed by atoms with Gasteiger partial charge in [-0.15, -0.1) is 0 Å². The topological polar surface area (TPSA) is 81.8 Å². The van der Waals surface area contributed by atoms with Crippen molar-refractivity contribution in [1.29, 1.82) is 0 Å². The summed E-state index contributed by atoms with van der Waals surface area (Å²) in [6.07, 6.45) is 1.93. The quantitative estimate of drug-likeness (QED) is 0.704. The van der Waals surface area contributed by atoms with E-state index in [9.17, 15) is 4.79 Å². The number of hydrogen-bond donors (Lipinski definition) is 2. The Morgan fingerprint density at radius 2 is 1.84 bits per heavy atom. The normalized spacial score (nSPS) is 13.6. The van der Waals surface area contributed by atoms with Gasteiger partial charge in [0.15, 0.2) is 0 Å². The van der Waals surface area contributed by atoms with Crippen molar-refractivity contribution in [3.8, 4) is 11.5 Å². The zero-order chi connectivity index (χ0) is 14.3. The Hall–Kier alpha value is -1.75. The van der Waals surface area contributed by atoms with Crippen molar-refractivity contribution in [2.24, 2.45) is 5.73 Å². The van der Waals surface area contributed by atoms with E-state index < -0.39 is 11.5 Å². The number of hydrogen-bond acceptors (Lipinski definition) is 4. The smallest absolute Gasteiger partial charge is 0.323 e. The summed E-state index contributed by atoms with van der Waals surface area (Å²) in [6, 6.07) is 7.33. The molecule has 1 aromatic carbocycles. The summed E-state index contributed by atoms with van der Waals surface area (Å²) in [6.45, 7) is 2.07. The number of benzene rings is 1. The largest absolute Gasteiger partial charge is 0.497 e. The van der Waals surface area contributed by atoms with Crippen LogP contribution in [0.3, 0.4) is 0 Å². The summed E-state index contributed by atoms with van der Waals surface area (Å²) < 4.78 is 10.6. The zero-order valence-electron chi connectivity index (χ0n) is 11.4. The number of rotatable bonds is 8. The molecular formula is C14H21NO4. The molecule has 1 unspecified atom stereocenters. The molecule has 0 amide bonds. The first-order valence-electron chi connectivity index (χ1n) is 6.25. The third kappa shape index (κ3) is 5.18. The molecule has 0 saturated heterocycles.